The highest BCUT2D eigenvalue weighted by Crippen LogP contribution is 2.21. The van der Waals surface area contributed by atoms with Crippen molar-refractivity contribution in [2.24, 2.45) is 0 Å². The molecule has 8 heteroatoms. The van der Waals surface area contributed by atoms with Gasteiger partial charge in [0, 0.05) is 19.1 Å². The van der Waals surface area contributed by atoms with E-state index in [0.717, 1.165) is 25.0 Å². The summed E-state index contributed by atoms with van der Waals surface area (Å²) in [5.41, 5.74) is 1.88. The average Bonchev–Trinajstić information content (AvgIpc) is 2.99. The van der Waals surface area contributed by atoms with Gasteiger partial charge in [-0.2, -0.15) is 5.10 Å². The van der Waals surface area contributed by atoms with Crippen LogP contribution in [0.2, 0.25) is 0 Å². The summed E-state index contributed by atoms with van der Waals surface area (Å²) < 4.78 is 3.41. The topological polar surface area (TPSA) is 81.8 Å². The molecule has 148 valence electrons. The molecular weight excluding hydrogens is 362 g/mol. The van der Waals surface area contributed by atoms with Crippen molar-refractivity contribution in [3.8, 4) is 0 Å². The van der Waals surface area contributed by atoms with Gasteiger partial charge in [-0.25, -0.2) is 4.98 Å². The van der Waals surface area contributed by atoms with Crippen LogP contribution in [0.15, 0.2) is 9.95 Å². The average molecular weight is 392 g/mol. The van der Waals surface area contributed by atoms with Gasteiger partial charge in [0.05, 0.1) is 11.4 Å². The molecule has 0 radical (unpaired) electrons. The van der Waals surface area contributed by atoms with E-state index in [1.165, 1.54) is 31.0 Å². The van der Waals surface area contributed by atoms with Gasteiger partial charge in [-0.1, -0.05) is 37.9 Å². The molecule has 2 aromatic heterocycles. The summed E-state index contributed by atoms with van der Waals surface area (Å²) in [6, 6.07) is 0.296. The molecule has 1 aliphatic carbocycles. The summed E-state index contributed by atoms with van der Waals surface area (Å²) >= 11 is 1.34. The second-order valence-electron chi connectivity index (χ2n) is 7.14. The number of fused-ring (bicyclic) bond motifs is 1. The number of aromatic nitrogens is 4. The monoisotopic (exact) mass is 391 g/mol. The van der Waals surface area contributed by atoms with Crippen LogP contribution in [0.5, 0.6) is 0 Å². The fraction of sp³-hybridized carbons (Fsp3) is 0.684. The Morgan fingerprint density at radius 3 is 2.67 bits per heavy atom. The van der Waals surface area contributed by atoms with E-state index in [1.807, 2.05) is 20.8 Å². The first-order valence-electron chi connectivity index (χ1n) is 9.95. The number of carbonyl (C=O) groups is 1. The number of amides is 1. The van der Waals surface area contributed by atoms with Gasteiger partial charge in [-0.3, -0.25) is 18.8 Å². The lowest BCUT2D eigenvalue weighted by atomic mass is 9.95. The fourth-order valence-electron chi connectivity index (χ4n) is 3.69. The first kappa shape index (κ1) is 19.9. The number of hydrogen-bond acceptors (Lipinski definition) is 5. The van der Waals surface area contributed by atoms with E-state index in [2.05, 4.69) is 10.4 Å². The number of nitrogens with one attached hydrogen (secondary N) is 1. The molecule has 0 bridgehead atoms. The highest BCUT2D eigenvalue weighted by molar-refractivity contribution is 7.99. The molecule has 27 heavy (non-hydrogen) atoms. The van der Waals surface area contributed by atoms with Crippen LogP contribution >= 0.6 is 11.8 Å². The third-order valence-corrected chi connectivity index (χ3v) is 6.01. The zero-order valence-corrected chi connectivity index (χ0v) is 17.3. The summed E-state index contributed by atoms with van der Waals surface area (Å²) in [6.45, 7) is 7.08. The lowest BCUT2D eigenvalue weighted by Gasteiger charge is -2.22. The third kappa shape index (κ3) is 4.36. The molecule has 1 N–H and O–H groups in total. The summed E-state index contributed by atoms with van der Waals surface area (Å²) in [4.78, 5) is 30.1. The zero-order valence-electron chi connectivity index (χ0n) is 16.5. The van der Waals surface area contributed by atoms with Crippen molar-refractivity contribution in [1.29, 1.82) is 0 Å². The number of nitrogens with zero attached hydrogens (tertiary/aromatic N) is 4. The summed E-state index contributed by atoms with van der Waals surface area (Å²) in [5, 5.41) is 8.17. The van der Waals surface area contributed by atoms with Gasteiger partial charge < -0.3 is 5.32 Å². The molecule has 1 aliphatic rings. The van der Waals surface area contributed by atoms with E-state index < -0.39 is 0 Å². The molecule has 1 saturated carbocycles. The Hall–Kier alpha value is -1.83. The van der Waals surface area contributed by atoms with Crippen molar-refractivity contribution in [2.75, 3.05) is 5.75 Å². The molecule has 2 heterocycles. The predicted molar refractivity (Wildman–Crippen MR) is 108 cm³/mol. The first-order valence-corrected chi connectivity index (χ1v) is 10.9. The second kappa shape index (κ2) is 8.91. The van der Waals surface area contributed by atoms with Crippen LogP contribution in [0.25, 0.3) is 11.0 Å². The minimum atomic E-state index is -0.0699. The molecule has 0 unspecified atom stereocenters. The standard InChI is InChI=1S/C19H29N5O2S/c1-4-11-23-18(26)17-16(13(3)22-24(17)5-2)21-19(23)27-12-15(25)20-14-9-7-6-8-10-14/h14H,4-12H2,1-3H3,(H,20,25). The van der Waals surface area contributed by atoms with Crippen molar-refractivity contribution < 1.29 is 4.79 Å². The van der Waals surface area contributed by atoms with Gasteiger partial charge in [-0.05, 0) is 33.1 Å². The Morgan fingerprint density at radius 2 is 2.00 bits per heavy atom. The Bertz CT molecular complexity index is 867. The molecule has 1 fully saturated rings. The van der Waals surface area contributed by atoms with Crippen LogP contribution in [0, 0.1) is 6.92 Å². The highest BCUT2D eigenvalue weighted by Gasteiger charge is 2.20. The smallest absolute Gasteiger partial charge is 0.280 e. The summed E-state index contributed by atoms with van der Waals surface area (Å²) in [6.07, 6.45) is 6.60. The largest absolute Gasteiger partial charge is 0.353 e. The van der Waals surface area contributed by atoms with E-state index >= 15 is 0 Å². The van der Waals surface area contributed by atoms with E-state index in [4.69, 9.17) is 4.98 Å². The summed E-state index contributed by atoms with van der Waals surface area (Å²) in [5.74, 6) is 0.296. The predicted octanol–water partition coefficient (Wildman–Crippen LogP) is 2.87. The number of aryl methyl sites for hydroxylation is 2. The highest BCUT2D eigenvalue weighted by atomic mass is 32.2. The van der Waals surface area contributed by atoms with Crippen LogP contribution in [-0.4, -0.2) is 37.0 Å². The second-order valence-corrected chi connectivity index (χ2v) is 8.08. The fourth-order valence-corrected chi connectivity index (χ4v) is 4.52. The number of rotatable bonds is 7. The molecule has 0 saturated heterocycles. The van der Waals surface area contributed by atoms with Crippen molar-refractivity contribution in [1.82, 2.24) is 24.6 Å². The normalized spacial score (nSPS) is 15.4. The van der Waals surface area contributed by atoms with Crippen LogP contribution in [0.3, 0.4) is 0 Å². The molecule has 1 amide bonds. The number of hydrogen-bond donors (Lipinski definition) is 1. The molecule has 3 rings (SSSR count). The number of thioether (sulfide) groups is 1. The molecule has 0 aromatic carbocycles. The minimum Gasteiger partial charge on any atom is -0.353 e. The van der Waals surface area contributed by atoms with E-state index in [0.29, 0.717) is 35.3 Å². The first-order chi connectivity index (χ1) is 13.0. The Labute approximate surface area is 163 Å². The maximum atomic E-state index is 13.0. The van der Waals surface area contributed by atoms with Crippen LogP contribution in [0.1, 0.15) is 58.1 Å². The van der Waals surface area contributed by atoms with Crippen molar-refractivity contribution in [2.45, 2.75) is 83.6 Å². The van der Waals surface area contributed by atoms with Gasteiger partial charge >= 0.3 is 0 Å². The van der Waals surface area contributed by atoms with Crippen LogP contribution in [-0.2, 0) is 17.9 Å². The van der Waals surface area contributed by atoms with Gasteiger partial charge in [0.25, 0.3) is 5.56 Å². The Kier molecular flexibility index (Phi) is 6.57. The van der Waals surface area contributed by atoms with E-state index in [9.17, 15) is 9.59 Å². The lowest BCUT2D eigenvalue weighted by Crippen LogP contribution is -2.37. The molecule has 0 spiro atoms. The molecular formula is C19H29N5O2S. The van der Waals surface area contributed by atoms with E-state index in [1.54, 1.807) is 9.25 Å². The molecule has 0 aliphatic heterocycles. The Morgan fingerprint density at radius 1 is 1.26 bits per heavy atom. The maximum absolute atomic E-state index is 13.0. The van der Waals surface area contributed by atoms with Crippen LogP contribution in [0.4, 0.5) is 0 Å². The maximum Gasteiger partial charge on any atom is 0.280 e. The number of carbonyl (C=O) groups excluding carboxylic acids is 1. The van der Waals surface area contributed by atoms with Gasteiger partial charge in [0.15, 0.2) is 10.7 Å². The van der Waals surface area contributed by atoms with Gasteiger partial charge in [-0.15, -0.1) is 0 Å². The van der Waals surface area contributed by atoms with E-state index in [-0.39, 0.29) is 17.2 Å². The van der Waals surface area contributed by atoms with Crippen LogP contribution < -0.4 is 10.9 Å². The quantitative estimate of drug-likeness (QED) is 0.580. The molecule has 0 atom stereocenters. The minimum absolute atomic E-state index is 0.0188. The van der Waals surface area contributed by atoms with Gasteiger partial charge in [0.1, 0.15) is 5.52 Å². The van der Waals surface area contributed by atoms with Gasteiger partial charge in [0.2, 0.25) is 5.91 Å². The van der Waals surface area contributed by atoms with Crippen molar-refractivity contribution >= 4 is 28.7 Å². The van der Waals surface area contributed by atoms with Crippen molar-refractivity contribution in [3.63, 3.8) is 0 Å². The summed E-state index contributed by atoms with van der Waals surface area (Å²) in [7, 11) is 0. The van der Waals surface area contributed by atoms with Crippen molar-refractivity contribution in [3.05, 3.63) is 16.0 Å². The lowest BCUT2D eigenvalue weighted by molar-refractivity contribution is -0.119. The molecule has 7 nitrogen and oxygen atoms in total. The zero-order chi connectivity index (χ0) is 19.4. The third-order valence-electron chi connectivity index (χ3n) is 5.03. The SMILES string of the molecule is CCCn1c(SCC(=O)NC2CCCCC2)nc2c(C)nn(CC)c2c1=O. The molecule has 2 aromatic rings. The Balaban J connectivity index is 1.82.